The number of nitrogens with one attached hydrogen (secondary N) is 1. The highest BCUT2D eigenvalue weighted by atomic mass is 16.2. The van der Waals surface area contributed by atoms with Crippen LogP contribution in [0.5, 0.6) is 0 Å². The minimum absolute atomic E-state index is 0.167. The molecule has 2 nitrogen and oxygen atoms in total. The van der Waals surface area contributed by atoms with Crippen LogP contribution in [0.15, 0.2) is 30.3 Å². The van der Waals surface area contributed by atoms with Gasteiger partial charge in [0, 0.05) is 6.54 Å². The highest BCUT2D eigenvalue weighted by Gasteiger charge is 2.38. The van der Waals surface area contributed by atoms with E-state index in [2.05, 4.69) is 24.4 Å². The monoisotopic (exact) mass is 217 g/mol. The molecule has 1 aromatic rings. The van der Waals surface area contributed by atoms with Gasteiger partial charge < -0.3 is 5.32 Å². The van der Waals surface area contributed by atoms with E-state index in [9.17, 15) is 4.79 Å². The van der Waals surface area contributed by atoms with Gasteiger partial charge in [-0.25, -0.2) is 0 Å². The van der Waals surface area contributed by atoms with E-state index in [1.165, 1.54) is 5.56 Å². The van der Waals surface area contributed by atoms with Gasteiger partial charge >= 0.3 is 0 Å². The first-order valence-electron chi connectivity index (χ1n) is 6.09. The molecule has 1 heterocycles. The summed E-state index contributed by atoms with van der Waals surface area (Å²) in [5.41, 5.74) is 1.10. The second-order valence-corrected chi connectivity index (χ2v) is 4.66. The van der Waals surface area contributed by atoms with Crippen molar-refractivity contribution in [3.05, 3.63) is 35.9 Å². The normalized spacial score (nSPS) is 25.2. The van der Waals surface area contributed by atoms with E-state index < -0.39 is 0 Å². The van der Waals surface area contributed by atoms with Gasteiger partial charge in [0.15, 0.2) is 0 Å². The summed E-state index contributed by atoms with van der Waals surface area (Å²) < 4.78 is 0. The molecule has 1 amide bonds. The molecular formula is C14H19NO. The first-order valence-corrected chi connectivity index (χ1v) is 6.09. The molecule has 0 radical (unpaired) electrons. The Balaban J connectivity index is 2.18. The zero-order chi connectivity index (χ0) is 11.4. The van der Waals surface area contributed by atoms with Crippen molar-refractivity contribution >= 4 is 5.91 Å². The lowest BCUT2D eigenvalue weighted by atomic mass is 9.73. The molecule has 2 rings (SSSR count). The van der Waals surface area contributed by atoms with Crippen molar-refractivity contribution in [3.8, 4) is 0 Å². The molecule has 1 saturated heterocycles. The predicted octanol–water partition coefficient (Wildman–Crippen LogP) is 2.54. The van der Waals surface area contributed by atoms with Crippen molar-refractivity contribution in [2.24, 2.45) is 5.41 Å². The second-order valence-electron chi connectivity index (χ2n) is 4.66. The molecule has 1 aliphatic heterocycles. The highest BCUT2D eigenvalue weighted by molar-refractivity contribution is 5.83. The Kier molecular flexibility index (Phi) is 3.28. The van der Waals surface area contributed by atoms with Gasteiger partial charge in [-0.1, -0.05) is 37.3 Å². The van der Waals surface area contributed by atoms with Crippen molar-refractivity contribution < 1.29 is 4.79 Å². The summed E-state index contributed by atoms with van der Waals surface area (Å²) >= 11 is 0. The van der Waals surface area contributed by atoms with Gasteiger partial charge in [-0.2, -0.15) is 0 Å². The summed E-state index contributed by atoms with van der Waals surface area (Å²) in [6.45, 7) is 2.96. The fourth-order valence-corrected chi connectivity index (χ4v) is 2.55. The van der Waals surface area contributed by atoms with E-state index >= 15 is 0 Å². The number of carbonyl (C=O) groups is 1. The molecule has 0 spiro atoms. The number of benzene rings is 1. The molecule has 0 bridgehead atoms. The smallest absolute Gasteiger partial charge is 0.226 e. The summed E-state index contributed by atoms with van der Waals surface area (Å²) in [5.74, 6) is 0.241. The summed E-state index contributed by atoms with van der Waals surface area (Å²) in [7, 11) is 0. The zero-order valence-corrected chi connectivity index (χ0v) is 9.83. The van der Waals surface area contributed by atoms with Gasteiger partial charge in [0.05, 0.1) is 5.41 Å². The van der Waals surface area contributed by atoms with Crippen molar-refractivity contribution in [1.29, 1.82) is 0 Å². The molecule has 2 heteroatoms. The van der Waals surface area contributed by atoms with Gasteiger partial charge in [0.2, 0.25) is 5.91 Å². The van der Waals surface area contributed by atoms with Gasteiger partial charge in [0.25, 0.3) is 0 Å². The van der Waals surface area contributed by atoms with Gasteiger partial charge in [-0.15, -0.1) is 0 Å². The molecule has 1 aliphatic rings. The average Bonchev–Trinajstić information content (AvgIpc) is 2.34. The van der Waals surface area contributed by atoms with Crippen LogP contribution in [0.25, 0.3) is 0 Å². The quantitative estimate of drug-likeness (QED) is 0.828. The molecule has 0 saturated carbocycles. The largest absolute Gasteiger partial charge is 0.356 e. The van der Waals surface area contributed by atoms with Crippen LogP contribution in [-0.2, 0) is 11.2 Å². The van der Waals surface area contributed by atoms with E-state index in [0.717, 1.165) is 32.2 Å². The third-order valence-corrected chi connectivity index (χ3v) is 3.66. The number of hydrogen-bond acceptors (Lipinski definition) is 1. The fraction of sp³-hybridized carbons (Fsp3) is 0.500. The first-order chi connectivity index (χ1) is 7.77. The molecule has 1 aromatic carbocycles. The number of amides is 1. The number of piperidine rings is 1. The minimum Gasteiger partial charge on any atom is -0.356 e. The fourth-order valence-electron chi connectivity index (χ4n) is 2.55. The van der Waals surface area contributed by atoms with E-state index in [0.29, 0.717) is 0 Å². The maximum absolute atomic E-state index is 12.0. The third kappa shape index (κ3) is 2.11. The molecule has 86 valence electrons. The van der Waals surface area contributed by atoms with Gasteiger partial charge in [-0.05, 0) is 31.2 Å². The Morgan fingerprint density at radius 2 is 2.06 bits per heavy atom. The van der Waals surface area contributed by atoms with Crippen LogP contribution in [0.2, 0.25) is 0 Å². The summed E-state index contributed by atoms with van der Waals surface area (Å²) in [5, 5.41) is 3.01. The lowest BCUT2D eigenvalue weighted by Gasteiger charge is -2.35. The highest BCUT2D eigenvalue weighted by Crippen LogP contribution is 2.34. The molecule has 16 heavy (non-hydrogen) atoms. The van der Waals surface area contributed by atoms with Crippen molar-refractivity contribution in [2.75, 3.05) is 6.54 Å². The summed E-state index contributed by atoms with van der Waals surface area (Å²) in [6, 6.07) is 10.3. The lowest BCUT2D eigenvalue weighted by molar-refractivity contribution is -0.133. The standard InChI is InChI=1S/C14H19NO/c1-2-14(9-6-10-15-13(14)16)11-12-7-4-3-5-8-12/h3-5,7-8H,2,6,9-11H2,1H3,(H,15,16)/t14-/m0/s1. The Labute approximate surface area is 97.1 Å². The van der Waals surface area contributed by atoms with Crippen LogP contribution in [0.3, 0.4) is 0 Å². The maximum Gasteiger partial charge on any atom is 0.226 e. The number of rotatable bonds is 3. The average molecular weight is 217 g/mol. The van der Waals surface area contributed by atoms with Crippen LogP contribution in [-0.4, -0.2) is 12.5 Å². The van der Waals surface area contributed by atoms with E-state index in [4.69, 9.17) is 0 Å². The molecule has 1 atom stereocenters. The Bertz CT molecular complexity index is 360. The molecule has 0 unspecified atom stereocenters. The van der Waals surface area contributed by atoms with Crippen LogP contribution >= 0.6 is 0 Å². The Morgan fingerprint density at radius 1 is 1.31 bits per heavy atom. The molecule has 0 aliphatic carbocycles. The predicted molar refractivity (Wildman–Crippen MR) is 65.1 cm³/mol. The van der Waals surface area contributed by atoms with Gasteiger partial charge in [-0.3, -0.25) is 4.79 Å². The first kappa shape index (κ1) is 11.2. The Morgan fingerprint density at radius 3 is 2.69 bits per heavy atom. The van der Waals surface area contributed by atoms with E-state index in [1.54, 1.807) is 0 Å². The third-order valence-electron chi connectivity index (χ3n) is 3.66. The summed E-state index contributed by atoms with van der Waals surface area (Å²) in [4.78, 5) is 12.0. The van der Waals surface area contributed by atoms with Crippen molar-refractivity contribution in [3.63, 3.8) is 0 Å². The number of carbonyl (C=O) groups excluding carboxylic acids is 1. The molecule has 1 fully saturated rings. The number of hydrogen-bond donors (Lipinski definition) is 1. The minimum atomic E-state index is -0.167. The molecular weight excluding hydrogens is 198 g/mol. The SMILES string of the molecule is CC[C@@]1(Cc2ccccc2)CCCNC1=O. The second kappa shape index (κ2) is 4.69. The van der Waals surface area contributed by atoms with Crippen LogP contribution in [0, 0.1) is 5.41 Å². The van der Waals surface area contributed by atoms with E-state index in [1.807, 2.05) is 18.2 Å². The molecule has 1 N–H and O–H groups in total. The van der Waals surface area contributed by atoms with Crippen LogP contribution in [0.1, 0.15) is 31.7 Å². The molecule has 0 aromatic heterocycles. The van der Waals surface area contributed by atoms with Crippen molar-refractivity contribution in [1.82, 2.24) is 5.32 Å². The topological polar surface area (TPSA) is 29.1 Å². The van der Waals surface area contributed by atoms with Crippen LogP contribution in [0.4, 0.5) is 0 Å². The Hall–Kier alpha value is -1.31. The summed E-state index contributed by atoms with van der Waals surface area (Å²) in [6.07, 6.45) is 3.92. The van der Waals surface area contributed by atoms with Gasteiger partial charge in [0.1, 0.15) is 0 Å². The maximum atomic E-state index is 12.0. The van der Waals surface area contributed by atoms with Crippen molar-refractivity contribution in [2.45, 2.75) is 32.6 Å². The zero-order valence-electron chi connectivity index (χ0n) is 9.83. The van der Waals surface area contributed by atoms with Crippen LogP contribution < -0.4 is 5.32 Å². The van der Waals surface area contributed by atoms with E-state index in [-0.39, 0.29) is 11.3 Å². The lowest BCUT2D eigenvalue weighted by Crippen LogP contribution is -2.46.